The molecule has 0 aromatic heterocycles. The molecule has 1 saturated heterocycles. The van der Waals surface area contributed by atoms with Crippen LogP contribution in [-0.4, -0.2) is 86.6 Å². The second-order valence-corrected chi connectivity index (χ2v) is 9.70. The van der Waals surface area contributed by atoms with Crippen molar-refractivity contribution in [3.8, 4) is 0 Å². The monoisotopic (exact) mass is 514 g/mol. The SMILES string of the molecule is COCCOC(=O)C1=C(C)N=C2SC=C(CC(=O)NCCN3CCOCC3)N2[C@@H]1c1ccccc1C. The Labute approximate surface area is 216 Å². The summed E-state index contributed by atoms with van der Waals surface area (Å²) < 4.78 is 15.9. The van der Waals surface area contributed by atoms with E-state index in [9.17, 15) is 9.59 Å². The third-order valence-electron chi connectivity index (χ3n) is 6.42. The average molecular weight is 515 g/mol. The van der Waals surface area contributed by atoms with Crippen molar-refractivity contribution in [1.82, 2.24) is 15.1 Å². The number of amides is 1. The Morgan fingerprint density at radius 2 is 1.97 bits per heavy atom. The lowest BCUT2D eigenvalue weighted by Crippen LogP contribution is -2.42. The normalized spacial score (nSPS) is 20.1. The highest BCUT2D eigenvalue weighted by atomic mass is 32.2. The molecule has 1 aromatic rings. The van der Waals surface area contributed by atoms with Crippen LogP contribution >= 0.6 is 11.8 Å². The first kappa shape index (κ1) is 26.4. The number of carbonyl (C=O) groups is 2. The average Bonchev–Trinajstić information content (AvgIpc) is 3.26. The van der Waals surface area contributed by atoms with E-state index in [1.54, 1.807) is 7.11 Å². The molecule has 4 rings (SSSR count). The largest absolute Gasteiger partial charge is 0.460 e. The van der Waals surface area contributed by atoms with Gasteiger partial charge in [0.25, 0.3) is 0 Å². The van der Waals surface area contributed by atoms with Crippen LogP contribution in [0.4, 0.5) is 0 Å². The lowest BCUT2D eigenvalue weighted by molar-refractivity contribution is -0.141. The van der Waals surface area contributed by atoms with Crippen LogP contribution in [0.1, 0.15) is 30.5 Å². The van der Waals surface area contributed by atoms with Gasteiger partial charge in [0.2, 0.25) is 5.91 Å². The maximum atomic E-state index is 13.2. The number of fused-ring (bicyclic) bond motifs is 1. The maximum Gasteiger partial charge on any atom is 0.338 e. The van der Waals surface area contributed by atoms with Gasteiger partial charge >= 0.3 is 5.97 Å². The van der Waals surface area contributed by atoms with E-state index in [1.165, 1.54) is 11.8 Å². The molecule has 1 fully saturated rings. The van der Waals surface area contributed by atoms with E-state index >= 15 is 0 Å². The lowest BCUT2D eigenvalue weighted by atomic mass is 9.91. The Hall–Kier alpha value is -2.66. The number of thioether (sulfide) groups is 1. The van der Waals surface area contributed by atoms with Gasteiger partial charge in [-0.15, -0.1) is 0 Å². The van der Waals surface area contributed by atoms with Gasteiger partial charge in [0.05, 0.1) is 43.6 Å². The molecule has 9 nitrogen and oxygen atoms in total. The van der Waals surface area contributed by atoms with Gasteiger partial charge in [0.1, 0.15) is 6.61 Å². The van der Waals surface area contributed by atoms with Crippen molar-refractivity contribution in [1.29, 1.82) is 0 Å². The van der Waals surface area contributed by atoms with Crippen molar-refractivity contribution in [2.45, 2.75) is 26.3 Å². The summed E-state index contributed by atoms with van der Waals surface area (Å²) in [6, 6.07) is 7.54. The zero-order valence-corrected chi connectivity index (χ0v) is 21.9. The van der Waals surface area contributed by atoms with Crippen LogP contribution in [0.2, 0.25) is 0 Å². The van der Waals surface area contributed by atoms with E-state index < -0.39 is 12.0 Å². The number of benzene rings is 1. The van der Waals surface area contributed by atoms with Crippen LogP contribution in [-0.2, 0) is 23.8 Å². The minimum Gasteiger partial charge on any atom is -0.460 e. The van der Waals surface area contributed by atoms with Crippen molar-refractivity contribution in [3.63, 3.8) is 0 Å². The number of morpholine rings is 1. The third-order valence-corrected chi connectivity index (χ3v) is 7.31. The molecular weight excluding hydrogens is 480 g/mol. The van der Waals surface area contributed by atoms with E-state index in [4.69, 9.17) is 19.2 Å². The van der Waals surface area contributed by atoms with Gasteiger partial charge in [-0.25, -0.2) is 9.79 Å². The molecule has 0 spiro atoms. The van der Waals surface area contributed by atoms with Crippen molar-refractivity contribution >= 4 is 28.8 Å². The standard InChI is InChI=1S/C26H34N4O5S/c1-18-6-4-5-7-21(18)24-23(25(32)35-15-14-33-3)19(2)28-26-30(24)20(17-36-26)16-22(31)27-8-9-29-10-12-34-13-11-29/h4-7,17,24H,8-16H2,1-3H3,(H,27,31)/t24-/m1/s1. The van der Waals surface area contributed by atoms with Gasteiger partial charge < -0.3 is 24.4 Å². The number of aliphatic imine (C=N–C) groups is 1. The second-order valence-electron chi connectivity index (χ2n) is 8.86. The molecule has 194 valence electrons. The summed E-state index contributed by atoms with van der Waals surface area (Å²) in [6.07, 6.45) is 0.197. The van der Waals surface area contributed by atoms with Gasteiger partial charge in [-0.05, 0) is 30.4 Å². The Bertz CT molecular complexity index is 1060. The summed E-state index contributed by atoms with van der Waals surface area (Å²) >= 11 is 1.47. The molecule has 10 heteroatoms. The van der Waals surface area contributed by atoms with Crippen molar-refractivity contribution in [3.05, 3.63) is 57.8 Å². The fourth-order valence-corrected chi connectivity index (χ4v) is 5.48. The number of aryl methyl sites for hydroxylation is 1. The van der Waals surface area contributed by atoms with Crippen molar-refractivity contribution in [2.24, 2.45) is 4.99 Å². The summed E-state index contributed by atoms with van der Waals surface area (Å²) in [7, 11) is 1.57. The number of amidine groups is 1. The second kappa shape index (κ2) is 12.5. The van der Waals surface area contributed by atoms with Gasteiger partial charge in [-0.1, -0.05) is 36.0 Å². The Morgan fingerprint density at radius 1 is 1.19 bits per heavy atom. The third kappa shape index (κ3) is 6.18. The molecule has 1 aromatic carbocycles. The first-order valence-corrected chi connectivity index (χ1v) is 13.1. The number of carbonyl (C=O) groups excluding carboxylic acids is 2. The highest BCUT2D eigenvalue weighted by Gasteiger charge is 2.41. The smallest absolute Gasteiger partial charge is 0.338 e. The Kier molecular flexibility index (Phi) is 9.19. The summed E-state index contributed by atoms with van der Waals surface area (Å²) in [5.41, 5.74) is 3.93. The van der Waals surface area contributed by atoms with E-state index in [0.717, 1.165) is 54.8 Å². The van der Waals surface area contributed by atoms with Crippen LogP contribution in [0.3, 0.4) is 0 Å². The molecule has 0 radical (unpaired) electrons. The first-order valence-electron chi connectivity index (χ1n) is 12.2. The molecule has 0 unspecified atom stereocenters. The number of hydrogen-bond donors (Lipinski definition) is 1. The van der Waals surface area contributed by atoms with Crippen molar-refractivity contribution in [2.75, 3.05) is 59.7 Å². The molecule has 1 amide bonds. The molecule has 0 bridgehead atoms. The number of nitrogens with zero attached hydrogens (tertiary/aromatic N) is 3. The highest BCUT2D eigenvalue weighted by Crippen LogP contribution is 2.45. The van der Waals surface area contributed by atoms with Gasteiger partial charge in [-0.3, -0.25) is 9.69 Å². The molecule has 3 aliphatic heterocycles. The Balaban J connectivity index is 1.52. The zero-order valence-electron chi connectivity index (χ0n) is 21.1. The van der Waals surface area contributed by atoms with E-state index in [-0.39, 0.29) is 18.9 Å². The van der Waals surface area contributed by atoms with E-state index in [1.807, 2.05) is 48.4 Å². The molecule has 0 aliphatic carbocycles. The predicted octanol–water partition coefficient (Wildman–Crippen LogP) is 2.60. The number of hydrogen-bond acceptors (Lipinski definition) is 9. The van der Waals surface area contributed by atoms with Crippen molar-refractivity contribution < 1.29 is 23.8 Å². The number of ether oxygens (including phenoxy) is 3. The highest BCUT2D eigenvalue weighted by molar-refractivity contribution is 8.16. The van der Waals surface area contributed by atoms with Crippen LogP contribution in [0.15, 0.2) is 51.6 Å². The van der Waals surface area contributed by atoms with E-state index in [2.05, 4.69) is 10.2 Å². The van der Waals surface area contributed by atoms with Gasteiger partial charge in [-0.2, -0.15) is 0 Å². The topological polar surface area (TPSA) is 92.7 Å². The summed E-state index contributed by atoms with van der Waals surface area (Å²) in [5.74, 6) is -0.484. The van der Waals surface area contributed by atoms with Crippen LogP contribution in [0.5, 0.6) is 0 Å². The minimum absolute atomic E-state index is 0.0598. The minimum atomic E-state index is -0.434. The number of esters is 1. The molecule has 3 heterocycles. The summed E-state index contributed by atoms with van der Waals surface area (Å²) in [6.45, 7) is 8.95. The molecule has 0 saturated carbocycles. The number of allylic oxidation sites excluding steroid dienone is 1. The van der Waals surface area contributed by atoms with Crippen LogP contribution in [0, 0.1) is 6.92 Å². The van der Waals surface area contributed by atoms with Gasteiger partial charge in [0.15, 0.2) is 5.17 Å². The number of nitrogens with one attached hydrogen (secondary N) is 1. The molecule has 36 heavy (non-hydrogen) atoms. The Morgan fingerprint density at radius 3 is 2.72 bits per heavy atom. The lowest BCUT2D eigenvalue weighted by Gasteiger charge is -2.37. The quantitative estimate of drug-likeness (QED) is 0.376. The summed E-state index contributed by atoms with van der Waals surface area (Å²) in [4.78, 5) is 35.1. The fourth-order valence-electron chi connectivity index (χ4n) is 4.52. The van der Waals surface area contributed by atoms with E-state index in [0.29, 0.717) is 24.4 Å². The summed E-state index contributed by atoms with van der Waals surface area (Å²) in [5, 5.41) is 5.75. The van der Waals surface area contributed by atoms with Crippen LogP contribution in [0.25, 0.3) is 0 Å². The molecule has 1 atom stereocenters. The fraction of sp³-hybridized carbons (Fsp3) is 0.500. The van der Waals surface area contributed by atoms with Gasteiger partial charge in [0, 0.05) is 39.0 Å². The molecule has 1 N–H and O–H groups in total. The number of methoxy groups -OCH3 is 1. The first-order chi connectivity index (χ1) is 17.5. The maximum absolute atomic E-state index is 13.2. The van der Waals surface area contributed by atoms with Crippen LogP contribution < -0.4 is 5.32 Å². The molecule has 3 aliphatic rings. The zero-order chi connectivity index (χ0) is 25.5. The predicted molar refractivity (Wildman–Crippen MR) is 139 cm³/mol. The molecular formula is C26H34N4O5S. The number of rotatable bonds is 10.